The van der Waals surface area contributed by atoms with Crippen molar-refractivity contribution < 1.29 is 14.3 Å². The minimum atomic E-state index is -0.200. The van der Waals surface area contributed by atoms with E-state index in [9.17, 15) is 4.79 Å². The fourth-order valence-corrected chi connectivity index (χ4v) is 1.14. The van der Waals surface area contributed by atoms with Crippen LogP contribution in [0.4, 0.5) is 0 Å². The Morgan fingerprint density at radius 1 is 1.17 bits per heavy atom. The summed E-state index contributed by atoms with van der Waals surface area (Å²) in [5.74, 6) is -0.0482. The molecule has 0 saturated heterocycles. The van der Waals surface area contributed by atoms with E-state index in [0.717, 1.165) is 0 Å². The zero-order valence-electron chi connectivity index (χ0n) is 9.99. The Balaban J connectivity index is 2.45. The zero-order chi connectivity index (χ0) is 13.1. The maximum atomic E-state index is 11.1. The van der Waals surface area contributed by atoms with Gasteiger partial charge in [0.25, 0.3) is 5.95 Å². The summed E-state index contributed by atoms with van der Waals surface area (Å²) in [6.07, 6.45) is 1.41. The van der Waals surface area contributed by atoms with Crippen molar-refractivity contribution in [2.45, 2.75) is 6.92 Å². The average molecular weight is 250 g/mol. The van der Waals surface area contributed by atoms with Crippen molar-refractivity contribution >= 4 is 5.78 Å². The molecule has 0 aliphatic heterocycles. The number of ketones is 1. The van der Waals surface area contributed by atoms with Crippen molar-refractivity contribution in [1.29, 1.82) is 0 Å². The molecular formula is C9H10N6O3. The lowest BCUT2D eigenvalue weighted by molar-refractivity contribution is 0.101. The van der Waals surface area contributed by atoms with Crippen LogP contribution in [0.3, 0.4) is 0 Å². The van der Waals surface area contributed by atoms with E-state index in [1.165, 1.54) is 32.0 Å². The van der Waals surface area contributed by atoms with Crippen molar-refractivity contribution in [1.82, 2.24) is 29.9 Å². The summed E-state index contributed by atoms with van der Waals surface area (Å²) in [5, 5.41) is 7.42. The molecule has 0 spiro atoms. The first kappa shape index (κ1) is 11.9. The van der Waals surface area contributed by atoms with Crippen LogP contribution in [-0.4, -0.2) is 49.9 Å². The van der Waals surface area contributed by atoms with Gasteiger partial charge in [0.05, 0.1) is 20.4 Å². The third-order valence-corrected chi connectivity index (χ3v) is 2.01. The van der Waals surface area contributed by atoms with Crippen molar-refractivity contribution in [3.8, 4) is 18.0 Å². The molecule has 0 aliphatic carbocycles. The Morgan fingerprint density at radius 2 is 1.78 bits per heavy atom. The number of hydrogen-bond donors (Lipinski definition) is 0. The summed E-state index contributed by atoms with van der Waals surface area (Å²) in [7, 11) is 2.84. The molecule has 0 saturated carbocycles. The van der Waals surface area contributed by atoms with Gasteiger partial charge in [-0.2, -0.15) is 14.6 Å². The highest BCUT2D eigenvalue weighted by atomic mass is 16.5. The number of rotatable bonds is 4. The van der Waals surface area contributed by atoms with Gasteiger partial charge in [-0.15, -0.1) is 10.1 Å². The second kappa shape index (κ2) is 4.73. The number of ether oxygens (including phenoxy) is 2. The molecule has 18 heavy (non-hydrogen) atoms. The normalized spacial score (nSPS) is 10.2. The standard InChI is InChI=1S/C9H10N6O3/c1-5(16)6-4-15(14-13-6)7-10-8(17-2)12-9(11-7)18-3/h4H,1-3H3. The molecule has 2 aromatic heterocycles. The molecule has 0 radical (unpaired) electrons. The van der Waals surface area contributed by atoms with Crippen LogP contribution in [0.2, 0.25) is 0 Å². The van der Waals surface area contributed by atoms with Crippen LogP contribution in [0.25, 0.3) is 5.95 Å². The first-order valence-corrected chi connectivity index (χ1v) is 4.91. The number of aromatic nitrogens is 6. The molecule has 2 heterocycles. The van der Waals surface area contributed by atoms with Gasteiger partial charge in [0.2, 0.25) is 0 Å². The van der Waals surface area contributed by atoms with Gasteiger partial charge in [0, 0.05) is 6.92 Å². The molecule has 0 aromatic carbocycles. The summed E-state index contributed by atoms with van der Waals surface area (Å²) in [6, 6.07) is 0.161. The SMILES string of the molecule is COc1nc(OC)nc(-n2cc(C(C)=O)nn2)n1. The molecule has 9 heteroatoms. The minimum absolute atomic E-state index is 0.0803. The highest BCUT2D eigenvalue weighted by molar-refractivity contribution is 5.91. The third-order valence-electron chi connectivity index (χ3n) is 2.01. The molecule has 2 aromatic rings. The Labute approximate surface area is 102 Å². The summed E-state index contributed by atoms with van der Waals surface area (Å²) in [6.45, 7) is 1.39. The molecule has 0 N–H and O–H groups in total. The number of hydrogen-bond acceptors (Lipinski definition) is 8. The monoisotopic (exact) mass is 250 g/mol. The van der Waals surface area contributed by atoms with Crippen LogP contribution >= 0.6 is 0 Å². The van der Waals surface area contributed by atoms with E-state index in [1.54, 1.807) is 0 Å². The van der Waals surface area contributed by atoms with Crippen molar-refractivity contribution in [3.63, 3.8) is 0 Å². The first-order valence-electron chi connectivity index (χ1n) is 4.91. The fraction of sp³-hybridized carbons (Fsp3) is 0.333. The van der Waals surface area contributed by atoms with Gasteiger partial charge < -0.3 is 9.47 Å². The van der Waals surface area contributed by atoms with Crippen molar-refractivity contribution in [2.75, 3.05) is 14.2 Å². The molecular weight excluding hydrogens is 240 g/mol. The molecule has 0 fully saturated rings. The van der Waals surface area contributed by atoms with Crippen LogP contribution in [0, 0.1) is 0 Å². The lowest BCUT2D eigenvalue weighted by atomic mass is 10.3. The molecule has 94 valence electrons. The molecule has 0 unspecified atom stereocenters. The number of carbonyl (C=O) groups is 1. The molecule has 0 amide bonds. The molecule has 2 rings (SSSR count). The minimum Gasteiger partial charge on any atom is -0.467 e. The topological polar surface area (TPSA) is 105 Å². The Hall–Kier alpha value is -2.58. The number of methoxy groups -OCH3 is 2. The van der Waals surface area contributed by atoms with Gasteiger partial charge >= 0.3 is 12.0 Å². The number of Topliss-reactive ketones (excluding diaryl/α,β-unsaturated/α-hetero) is 1. The van der Waals surface area contributed by atoms with Gasteiger partial charge in [-0.3, -0.25) is 4.79 Å². The Bertz CT molecular complexity index is 559. The van der Waals surface area contributed by atoms with E-state index in [-0.39, 0.29) is 29.4 Å². The van der Waals surface area contributed by atoms with E-state index < -0.39 is 0 Å². The number of carbonyl (C=O) groups excluding carboxylic acids is 1. The maximum Gasteiger partial charge on any atom is 0.324 e. The summed E-state index contributed by atoms with van der Waals surface area (Å²) in [5.41, 5.74) is 0.216. The maximum absolute atomic E-state index is 11.1. The fourth-order valence-electron chi connectivity index (χ4n) is 1.14. The second-order valence-electron chi connectivity index (χ2n) is 3.21. The molecule has 0 aliphatic rings. The van der Waals surface area contributed by atoms with E-state index >= 15 is 0 Å². The predicted molar refractivity (Wildman–Crippen MR) is 57.9 cm³/mol. The van der Waals surface area contributed by atoms with E-state index in [2.05, 4.69) is 25.3 Å². The molecule has 0 bridgehead atoms. The van der Waals surface area contributed by atoms with Crippen molar-refractivity contribution in [3.05, 3.63) is 11.9 Å². The van der Waals surface area contributed by atoms with Crippen LogP contribution in [-0.2, 0) is 0 Å². The molecule has 0 atom stereocenters. The number of nitrogens with zero attached hydrogens (tertiary/aromatic N) is 6. The van der Waals surface area contributed by atoms with Gasteiger partial charge in [0.15, 0.2) is 5.78 Å². The van der Waals surface area contributed by atoms with Gasteiger partial charge in [0.1, 0.15) is 5.69 Å². The van der Waals surface area contributed by atoms with E-state index in [1.807, 2.05) is 0 Å². The lowest BCUT2D eigenvalue weighted by Crippen LogP contribution is -2.07. The summed E-state index contributed by atoms with van der Waals surface area (Å²) >= 11 is 0. The van der Waals surface area contributed by atoms with Crippen LogP contribution in [0.1, 0.15) is 17.4 Å². The lowest BCUT2D eigenvalue weighted by Gasteiger charge is -2.03. The zero-order valence-corrected chi connectivity index (χ0v) is 9.99. The summed E-state index contributed by atoms with van der Waals surface area (Å²) < 4.78 is 11.0. The highest BCUT2D eigenvalue weighted by Crippen LogP contribution is 2.11. The third kappa shape index (κ3) is 2.24. The van der Waals surface area contributed by atoms with Gasteiger partial charge in [-0.25, -0.2) is 0 Å². The Morgan fingerprint density at radius 3 is 2.22 bits per heavy atom. The largest absolute Gasteiger partial charge is 0.467 e. The second-order valence-corrected chi connectivity index (χ2v) is 3.21. The van der Waals surface area contributed by atoms with Crippen molar-refractivity contribution in [2.24, 2.45) is 0 Å². The highest BCUT2D eigenvalue weighted by Gasteiger charge is 2.12. The van der Waals surface area contributed by atoms with Gasteiger partial charge in [-0.05, 0) is 0 Å². The van der Waals surface area contributed by atoms with E-state index in [4.69, 9.17) is 9.47 Å². The van der Waals surface area contributed by atoms with Gasteiger partial charge in [-0.1, -0.05) is 5.21 Å². The first-order chi connectivity index (χ1) is 8.63. The Kier molecular flexibility index (Phi) is 3.13. The van der Waals surface area contributed by atoms with Crippen LogP contribution < -0.4 is 9.47 Å². The van der Waals surface area contributed by atoms with Crippen LogP contribution in [0.15, 0.2) is 6.20 Å². The molecule has 9 nitrogen and oxygen atoms in total. The predicted octanol–water partition coefficient (Wildman–Crippen LogP) is -0.328. The van der Waals surface area contributed by atoms with E-state index in [0.29, 0.717) is 0 Å². The summed E-state index contributed by atoms with van der Waals surface area (Å²) in [4.78, 5) is 22.9. The quantitative estimate of drug-likeness (QED) is 0.679. The van der Waals surface area contributed by atoms with Crippen LogP contribution in [0.5, 0.6) is 12.0 Å². The smallest absolute Gasteiger partial charge is 0.324 e. The average Bonchev–Trinajstić information content (AvgIpc) is 2.87.